The van der Waals surface area contributed by atoms with Gasteiger partial charge in [-0.05, 0) is 79.2 Å². The van der Waals surface area contributed by atoms with Gasteiger partial charge >= 0.3 is 6.03 Å². The minimum absolute atomic E-state index is 0.307. The molecule has 0 aliphatic rings. The van der Waals surface area contributed by atoms with Gasteiger partial charge in [0.2, 0.25) is 0 Å². The number of nitrogens with one attached hydrogen (secondary N) is 4. The van der Waals surface area contributed by atoms with Gasteiger partial charge < -0.3 is 15.7 Å². The lowest BCUT2D eigenvalue weighted by Gasteiger charge is -2.09. The number of amides is 2. The van der Waals surface area contributed by atoms with E-state index in [1.807, 2.05) is 6.07 Å². The number of imidazole rings is 1. The van der Waals surface area contributed by atoms with Crippen LogP contribution in [0.3, 0.4) is 0 Å². The van der Waals surface area contributed by atoms with Crippen LogP contribution in [-0.4, -0.2) is 27.2 Å². The number of hydrogen-bond acceptors (Lipinski definition) is 5. The number of H-pyrrole nitrogens is 1. The Morgan fingerprint density at radius 1 is 1.11 bits per heavy atom. The van der Waals surface area contributed by atoms with Crippen LogP contribution in [-0.2, 0) is 0 Å². The quantitative estimate of drug-likeness (QED) is 0.269. The summed E-state index contributed by atoms with van der Waals surface area (Å²) in [7, 11) is 0. The maximum absolute atomic E-state index is 13.8. The monoisotopic (exact) mass is 465 g/mol. The summed E-state index contributed by atoms with van der Waals surface area (Å²) in [6.45, 7) is 1.68. The SMILES string of the molecule is Cc1cc(-c2nc(/C=C\C=N)[nH]c2-c2ccnc(NC(=O)Nc3ccc(C#N)cc3)c2)ccc1F. The second-order valence-electron chi connectivity index (χ2n) is 7.53. The molecule has 0 fully saturated rings. The van der Waals surface area contributed by atoms with Gasteiger partial charge in [-0.3, -0.25) is 5.32 Å². The summed E-state index contributed by atoms with van der Waals surface area (Å²) in [5, 5.41) is 21.5. The average Bonchev–Trinajstić information content (AvgIpc) is 3.29. The first-order chi connectivity index (χ1) is 17.0. The molecule has 4 rings (SSSR count). The van der Waals surface area contributed by atoms with Gasteiger partial charge in [0.1, 0.15) is 17.5 Å². The minimum Gasteiger partial charge on any atom is -0.338 e. The van der Waals surface area contributed by atoms with Crippen molar-refractivity contribution in [3.63, 3.8) is 0 Å². The Morgan fingerprint density at radius 2 is 1.91 bits per heavy atom. The van der Waals surface area contributed by atoms with Crippen LogP contribution in [0.1, 0.15) is 17.0 Å². The van der Waals surface area contributed by atoms with Gasteiger partial charge in [0.25, 0.3) is 0 Å². The molecule has 2 aromatic carbocycles. The van der Waals surface area contributed by atoms with E-state index < -0.39 is 6.03 Å². The largest absolute Gasteiger partial charge is 0.338 e. The van der Waals surface area contributed by atoms with Crippen LogP contribution < -0.4 is 10.6 Å². The molecule has 2 heterocycles. The predicted octanol–water partition coefficient (Wildman–Crippen LogP) is 5.76. The zero-order chi connectivity index (χ0) is 24.8. The van der Waals surface area contributed by atoms with Crippen LogP contribution in [0.25, 0.3) is 28.6 Å². The Bertz CT molecular complexity index is 1470. The molecule has 0 saturated carbocycles. The number of aromatic amines is 1. The van der Waals surface area contributed by atoms with E-state index >= 15 is 0 Å². The number of hydrogen-bond donors (Lipinski definition) is 4. The van der Waals surface area contributed by atoms with E-state index in [1.54, 1.807) is 67.7 Å². The summed E-state index contributed by atoms with van der Waals surface area (Å²) in [5.74, 6) is 0.518. The third-order valence-electron chi connectivity index (χ3n) is 5.07. The number of aryl methyl sites for hydroxylation is 1. The summed E-state index contributed by atoms with van der Waals surface area (Å²) in [6.07, 6.45) is 5.89. The van der Waals surface area contributed by atoms with E-state index in [0.29, 0.717) is 45.4 Å². The molecular formula is C26H20FN7O. The molecule has 0 spiro atoms. The zero-order valence-electron chi connectivity index (χ0n) is 18.6. The van der Waals surface area contributed by atoms with Crippen LogP contribution in [0, 0.1) is 29.5 Å². The number of anilines is 2. The molecule has 2 aromatic heterocycles. The summed E-state index contributed by atoms with van der Waals surface area (Å²) in [5.41, 5.74) is 4.18. The molecule has 0 aliphatic carbocycles. The molecule has 0 radical (unpaired) electrons. The number of rotatable bonds is 6. The summed E-state index contributed by atoms with van der Waals surface area (Å²) < 4.78 is 13.8. The maximum Gasteiger partial charge on any atom is 0.324 e. The van der Waals surface area contributed by atoms with E-state index in [9.17, 15) is 9.18 Å². The zero-order valence-corrected chi connectivity index (χ0v) is 18.6. The van der Waals surface area contributed by atoms with E-state index in [0.717, 1.165) is 11.8 Å². The third-order valence-corrected chi connectivity index (χ3v) is 5.07. The smallest absolute Gasteiger partial charge is 0.324 e. The van der Waals surface area contributed by atoms with Crippen molar-refractivity contribution >= 4 is 29.8 Å². The lowest BCUT2D eigenvalue weighted by molar-refractivity contribution is 0.262. The number of nitrogens with zero attached hydrogens (tertiary/aromatic N) is 3. The molecule has 35 heavy (non-hydrogen) atoms. The average molecular weight is 465 g/mol. The highest BCUT2D eigenvalue weighted by Gasteiger charge is 2.15. The van der Waals surface area contributed by atoms with E-state index in [-0.39, 0.29) is 5.82 Å². The molecule has 4 N–H and O–H groups in total. The van der Waals surface area contributed by atoms with Gasteiger partial charge in [0.15, 0.2) is 0 Å². The second-order valence-corrected chi connectivity index (χ2v) is 7.53. The Labute approximate surface area is 200 Å². The summed E-state index contributed by atoms with van der Waals surface area (Å²) in [6, 6.07) is 16.2. The Morgan fingerprint density at radius 3 is 2.63 bits per heavy atom. The molecule has 4 aromatic rings. The van der Waals surface area contributed by atoms with Crippen molar-refractivity contribution in [1.29, 1.82) is 10.7 Å². The van der Waals surface area contributed by atoms with E-state index in [1.165, 1.54) is 12.1 Å². The number of urea groups is 1. The van der Waals surface area contributed by atoms with Crippen molar-refractivity contribution in [2.24, 2.45) is 0 Å². The normalized spacial score (nSPS) is 10.7. The van der Waals surface area contributed by atoms with Crippen LogP contribution in [0.4, 0.5) is 20.7 Å². The van der Waals surface area contributed by atoms with Crippen molar-refractivity contribution in [2.75, 3.05) is 10.6 Å². The van der Waals surface area contributed by atoms with Crippen LogP contribution in [0.5, 0.6) is 0 Å². The first kappa shape index (κ1) is 23.1. The van der Waals surface area contributed by atoms with Crippen LogP contribution >= 0.6 is 0 Å². The predicted molar refractivity (Wildman–Crippen MR) is 134 cm³/mol. The molecule has 9 heteroatoms. The molecule has 2 amide bonds. The Kier molecular flexibility index (Phi) is 6.74. The summed E-state index contributed by atoms with van der Waals surface area (Å²) in [4.78, 5) is 24.5. The number of benzene rings is 2. The number of nitriles is 1. The first-order valence-electron chi connectivity index (χ1n) is 10.5. The minimum atomic E-state index is -0.493. The van der Waals surface area contributed by atoms with Crippen molar-refractivity contribution in [2.45, 2.75) is 6.92 Å². The van der Waals surface area contributed by atoms with Crippen molar-refractivity contribution in [3.05, 3.63) is 89.6 Å². The number of halogens is 1. The molecular weight excluding hydrogens is 445 g/mol. The highest BCUT2D eigenvalue weighted by molar-refractivity contribution is 5.99. The molecule has 0 saturated heterocycles. The fraction of sp³-hybridized carbons (Fsp3) is 0.0385. The number of aromatic nitrogens is 3. The second kappa shape index (κ2) is 10.2. The number of carbonyl (C=O) groups excluding carboxylic acids is 1. The van der Waals surface area contributed by atoms with Gasteiger partial charge in [0.05, 0.1) is 23.0 Å². The Hall–Kier alpha value is -5.10. The molecule has 8 nitrogen and oxygen atoms in total. The Balaban J connectivity index is 1.63. The van der Waals surface area contributed by atoms with E-state index in [2.05, 4.69) is 25.6 Å². The van der Waals surface area contributed by atoms with Crippen molar-refractivity contribution in [3.8, 4) is 28.6 Å². The van der Waals surface area contributed by atoms with Gasteiger partial charge in [0, 0.05) is 29.2 Å². The number of pyridine rings is 1. The maximum atomic E-state index is 13.8. The fourth-order valence-electron chi connectivity index (χ4n) is 3.38. The van der Waals surface area contributed by atoms with E-state index in [4.69, 9.17) is 10.7 Å². The van der Waals surface area contributed by atoms with Crippen LogP contribution in [0.2, 0.25) is 0 Å². The third kappa shape index (κ3) is 5.46. The lowest BCUT2D eigenvalue weighted by Crippen LogP contribution is -2.20. The van der Waals surface area contributed by atoms with Gasteiger partial charge in [-0.25, -0.2) is 19.2 Å². The molecule has 172 valence electrons. The standard InChI is InChI=1S/C26H20FN7O/c1-16-13-18(6-9-21(16)27)24-25(33-22(32-24)3-2-11-28)19-10-12-30-23(14-19)34-26(35)31-20-7-4-17(15-29)5-8-20/h2-14,28H,1H3,(H,32,33)(H2,30,31,34,35)/b3-2-,28-11?. The number of carbonyl (C=O) groups is 1. The number of allylic oxidation sites excluding steroid dienone is 1. The lowest BCUT2D eigenvalue weighted by atomic mass is 10.0. The van der Waals surface area contributed by atoms with Crippen molar-refractivity contribution < 1.29 is 9.18 Å². The summed E-state index contributed by atoms with van der Waals surface area (Å²) >= 11 is 0. The van der Waals surface area contributed by atoms with Crippen LogP contribution in [0.15, 0.2) is 66.9 Å². The molecule has 0 atom stereocenters. The molecule has 0 unspecified atom stereocenters. The van der Waals surface area contributed by atoms with Gasteiger partial charge in [-0.15, -0.1) is 0 Å². The highest BCUT2D eigenvalue weighted by atomic mass is 19.1. The molecule has 0 aliphatic heterocycles. The fourth-order valence-corrected chi connectivity index (χ4v) is 3.38. The molecule has 0 bridgehead atoms. The topological polar surface area (TPSA) is 130 Å². The van der Waals surface area contributed by atoms with Gasteiger partial charge in [-0.2, -0.15) is 5.26 Å². The van der Waals surface area contributed by atoms with Crippen molar-refractivity contribution in [1.82, 2.24) is 15.0 Å². The van der Waals surface area contributed by atoms with Gasteiger partial charge in [-0.1, -0.05) is 0 Å². The highest BCUT2D eigenvalue weighted by Crippen LogP contribution is 2.32. The first-order valence-corrected chi connectivity index (χ1v) is 10.5.